The highest BCUT2D eigenvalue weighted by Gasteiger charge is 2.41. The molecule has 1 aromatic carbocycles. The summed E-state index contributed by atoms with van der Waals surface area (Å²) >= 11 is 0. The molecule has 0 bridgehead atoms. The van der Waals surface area contributed by atoms with Gasteiger partial charge >= 0.3 is 0 Å². The highest BCUT2D eigenvalue weighted by Crippen LogP contribution is 2.44. The molecule has 1 aliphatic carbocycles. The molecule has 2 fully saturated rings. The van der Waals surface area contributed by atoms with Crippen molar-refractivity contribution in [2.24, 2.45) is 7.05 Å². The average molecular weight is 312 g/mol. The first-order chi connectivity index (χ1) is 11.3. The normalized spacial score (nSPS) is 24.3. The van der Waals surface area contributed by atoms with Gasteiger partial charge in [-0.25, -0.2) is 0 Å². The molecule has 1 unspecified atom stereocenters. The predicted molar refractivity (Wildman–Crippen MR) is 88.1 cm³/mol. The van der Waals surface area contributed by atoms with Crippen LogP contribution in [-0.4, -0.2) is 45.9 Å². The maximum atomic E-state index is 5.94. The van der Waals surface area contributed by atoms with E-state index in [2.05, 4.69) is 45.4 Å². The molecular formula is C18H24N4O. The molecule has 5 heteroatoms. The van der Waals surface area contributed by atoms with Gasteiger partial charge in [-0.2, -0.15) is 0 Å². The van der Waals surface area contributed by atoms with Gasteiger partial charge in [0.1, 0.15) is 12.4 Å². The van der Waals surface area contributed by atoms with E-state index in [1.807, 2.05) is 11.6 Å². The van der Waals surface area contributed by atoms with E-state index >= 15 is 0 Å². The lowest BCUT2D eigenvalue weighted by atomic mass is 9.64. The van der Waals surface area contributed by atoms with Crippen LogP contribution in [0.1, 0.15) is 36.8 Å². The summed E-state index contributed by atoms with van der Waals surface area (Å²) in [5.41, 5.74) is 1.83. The second-order valence-corrected chi connectivity index (χ2v) is 6.89. The molecule has 5 nitrogen and oxygen atoms in total. The third-order valence-electron chi connectivity index (χ3n) is 5.41. The van der Waals surface area contributed by atoms with Gasteiger partial charge < -0.3 is 9.30 Å². The van der Waals surface area contributed by atoms with E-state index in [0.717, 1.165) is 32.1 Å². The fourth-order valence-corrected chi connectivity index (χ4v) is 3.95. The summed E-state index contributed by atoms with van der Waals surface area (Å²) in [7, 11) is 1.98. The lowest BCUT2D eigenvalue weighted by molar-refractivity contribution is -0.0471. The number of hydrogen-bond acceptors (Lipinski definition) is 4. The van der Waals surface area contributed by atoms with Crippen LogP contribution in [0, 0.1) is 0 Å². The lowest BCUT2D eigenvalue weighted by Crippen LogP contribution is -2.50. The molecule has 1 saturated carbocycles. The van der Waals surface area contributed by atoms with Gasteiger partial charge in [0.25, 0.3) is 0 Å². The monoisotopic (exact) mass is 312 g/mol. The minimum absolute atomic E-state index is 0.0316. The third kappa shape index (κ3) is 2.79. The van der Waals surface area contributed by atoms with Gasteiger partial charge in [0.2, 0.25) is 0 Å². The Labute approximate surface area is 137 Å². The van der Waals surface area contributed by atoms with Crippen LogP contribution < -0.4 is 0 Å². The van der Waals surface area contributed by atoms with Crippen molar-refractivity contribution in [1.29, 1.82) is 0 Å². The van der Waals surface area contributed by atoms with E-state index < -0.39 is 0 Å². The Balaban J connectivity index is 1.49. The maximum Gasteiger partial charge on any atom is 0.163 e. The van der Waals surface area contributed by atoms with Crippen LogP contribution >= 0.6 is 0 Å². The fraction of sp³-hybridized carbons (Fsp3) is 0.556. The molecule has 2 heterocycles. The van der Waals surface area contributed by atoms with Crippen molar-refractivity contribution in [2.45, 2.75) is 30.8 Å². The predicted octanol–water partition coefficient (Wildman–Crippen LogP) is 2.31. The van der Waals surface area contributed by atoms with E-state index in [1.165, 1.54) is 24.8 Å². The number of aromatic nitrogens is 3. The van der Waals surface area contributed by atoms with Crippen molar-refractivity contribution < 1.29 is 4.74 Å². The molecule has 1 saturated heterocycles. The molecule has 122 valence electrons. The van der Waals surface area contributed by atoms with E-state index in [9.17, 15) is 0 Å². The van der Waals surface area contributed by atoms with Crippen LogP contribution in [-0.2, 0) is 17.2 Å². The van der Waals surface area contributed by atoms with Crippen molar-refractivity contribution in [3.8, 4) is 0 Å². The molecule has 23 heavy (non-hydrogen) atoms. The van der Waals surface area contributed by atoms with Gasteiger partial charge in [-0.3, -0.25) is 4.90 Å². The number of benzene rings is 1. The Hall–Kier alpha value is -1.72. The molecule has 0 spiro atoms. The Kier molecular flexibility index (Phi) is 3.91. The van der Waals surface area contributed by atoms with Crippen LogP contribution in [0.4, 0.5) is 0 Å². The molecule has 1 atom stereocenters. The van der Waals surface area contributed by atoms with Gasteiger partial charge in [0, 0.05) is 32.1 Å². The first-order valence-electron chi connectivity index (χ1n) is 8.50. The Morgan fingerprint density at radius 2 is 2.09 bits per heavy atom. The fourth-order valence-electron chi connectivity index (χ4n) is 3.95. The highest BCUT2D eigenvalue weighted by atomic mass is 16.5. The van der Waals surface area contributed by atoms with Crippen molar-refractivity contribution in [1.82, 2.24) is 19.7 Å². The molecule has 0 radical (unpaired) electrons. The quantitative estimate of drug-likeness (QED) is 0.869. The topological polar surface area (TPSA) is 43.2 Å². The number of nitrogens with zero attached hydrogens (tertiary/aromatic N) is 4. The maximum absolute atomic E-state index is 5.94. The minimum atomic E-state index is 0.0316. The second kappa shape index (κ2) is 6.06. The summed E-state index contributed by atoms with van der Waals surface area (Å²) in [6, 6.07) is 11.0. The second-order valence-electron chi connectivity index (χ2n) is 6.89. The van der Waals surface area contributed by atoms with E-state index in [0.29, 0.717) is 5.41 Å². The molecule has 0 N–H and O–H groups in total. The zero-order chi connectivity index (χ0) is 15.7. The van der Waals surface area contributed by atoms with Crippen LogP contribution in [0.25, 0.3) is 0 Å². The number of ether oxygens (including phenoxy) is 1. The molecule has 1 aliphatic heterocycles. The lowest BCUT2D eigenvalue weighted by Gasteiger charge is -2.47. The van der Waals surface area contributed by atoms with Crippen LogP contribution in [0.5, 0.6) is 0 Å². The summed E-state index contributed by atoms with van der Waals surface area (Å²) in [6.45, 7) is 3.79. The standard InChI is InChI=1S/C18H24N4O/c1-21-14-19-20-17(21)16-12-22(10-11-23-16)13-18(8-5-9-18)15-6-3-2-4-7-15/h2-4,6-7,14,16H,5,8-13H2,1H3. The number of morpholine rings is 1. The minimum Gasteiger partial charge on any atom is -0.368 e. The summed E-state index contributed by atoms with van der Waals surface area (Å²) in [5.74, 6) is 0.928. The number of rotatable bonds is 4. The molecule has 0 amide bonds. The summed E-state index contributed by atoms with van der Waals surface area (Å²) in [4.78, 5) is 2.55. The summed E-state index contributed by atoms with van der Waals surface area (Å²) in [6.07, 6.45) is 5.71. The largest absolute Gasteiger partial charge is 0.368 e. The van der Waals surface area contributed by atoms with E-state index in [1.54, 1.807) is 6.33 Å². The van der Waals surface area contributed by atoms with E-state index in [4.69, 9.17) is 4.74 Å². The van der Waals surface area contributed by atoms with Crippen molar-refractivity contribution in [2.75, 3.05) is 26.2 Å². The SMILES string of the molecule is Cn1cnnc1C1CN(CC2(c3ccccc3)CCC2)CCO1. The summed E-state index contributed by atoms with van der Waals surface area (Å²) < 4.78 is 7.90. The van der Waals surface area contributed by atoms with Crippen LogP contribution in [0.15, 0.2) is 36.7 Å². The van der Waals surface area contributed by atoms with Crippen LogP contribution in [0.3, 0.4) is 0 Å². The van der Waals surface area contributed by atoms with E-state index in [-0.39, 0.29) is 6.10 Å². The molecule has 1 aromatic heterocycles. The molecule has 4 rings (SSSR count). The first kappa shape index (κ1) is 14.8. The first-order valence-corrected chi connectivity index (χ1v) is 8.50. The van der Waals surface area contributed by atoms with Gasteiger partial charge in [0.05, 0.1) is 6.61 Å². The third-order valence-corrected chi connectivity index (χ3v) is 5.41. The van der Waals surface area contributed by atoms with Crippen molar-refractivity contribution in [3.05, 3.63) is 48.0 Å². The number of hydrogen-bond donors (Lipinski definition) is 0. The van der Waals surface area contributed by atoms with Gasteiger partial charge in [-0.05, 0) is 18.4 Å². The molecular weight excluding hydrogens is 288 g/mol. The Morgan fingerprint density at radius 3 is 2.74 bits per heavy atom. The van der Waals surface area contributed by atoms with Crippen molar-refractivity contribution >= 4 is 0 Å². The van der Waals surface area contributed by atoms with Gasteiger partial charge in [-0.15, -0.1) is 10.2 Å². The zero-order valence-corrected chi connectivity index (χ0v) is 13.7. The van der Waals surface area contributed by atoms with Gasteiger partial charge in [0.15, 0.2) is 5.82 Å². The Morgan fingerprint density at radius 1 is 1.26 bits per heavy atom. The number of aryl methyl sites for hydroxylation is 1. The molecule has 2 aromatic rings. The average Bonchev–Trinajstić information content (AvgIpc) is 2.98. The Bertz CT molecular complexity index is 650. The summed E-state index contributed by atoms with van der Waals surface area (Å²) in [5, 5.41) is 8.21. The van der Waals surface area contributed by atoms with Crippen LogP contribution in [0.2, 0.25) is 0 Å². The highest BCUT2D eigenvalue weighted by molar-refractivity contribution is 5.28. The van der Waals surface area contributed by atoms with Gasteiger partial charge in [-0.1, -0.05) is 36.8 Å². The zero-order valence-electron chi connectivity index (χ0n) is 13.7. The smallest absolute Gasteiger partial charge is 0.163 e. The van der Waals surface area contributed by atoms with Crippen molar-refractivity contribution in [3.63, 3.8) is 0 Å². The molecule has 2 aliphatic rings.